The van der Waals surface area contributed by atoms with Crippen LogP contribution in [-0.4, -0.2) is 22.3 Å². The number of rotatable bonds is 2. The van der Waals surface area contributed by atoms with Crippen molar-refractivity contribution < 1.29 is 4.79 Å². The maximum atomic E-state index is 11.4. The van der Waals surface area contributed by atoms with Gasteiger partial charge in [0, 0.05) is 24.1 Å². The van der Waals surface area contributed by atoms with Crippen LogP contribution >= 0.6 is 11.8 Å². The Hall–Kier alpha value is -0.830. The Morgan fingerprint density at radius 1 is 1.57 bits per heavy atom. The molecule has 1 aromatic heterocycles. The average molecular weight is 207 g/mol. The first-order valence-electron chi connectivity index (χ1n) is 4.76. The molecule has 0 spiro atoms. The molecule has 74 valence electrons. The van der Waals surface area contributed by atoms with E-state index in [0.29, 0.717) is 11.5 Å². The number of pyridine rings is 1. The molecule has 1 aromatic rings. The molecule has 0 radical (unpaired) electrons. The Morgan fingerprint density at radius 2 is 2.43 bits per heavy atom. The van der Waals surface area contributed by atoms with Crippen LogP contribution in [0.4, 0.5) is 0 Å². The maximum absolute atomic E-state index is 11.4. The lowest BCUT2D eigenvalue weighted by Gasteiger charge is -2.06. The van der Waals surface area contributed by atoms with Crippen molar-refractivity contribution >= 4 is 17.5 Å². The molecule has 3 heteroatoms. The lowest BCUT2D eigenvalue weighted by Crippen LogP contribution is -2.14. The van der Waals surface area contributed by atoms with Crippen molar-refractivity contribution in [1.82, 2.24) is 4.98 Å². The summed E-state index contributed by atoms with van der Waals surface area (Å²) in [6, 6.07) is 2.11. The fourth-order valence-electron chi connectivity index (χ4n) is 1.70. The summed E-state index contributed by atoms with van der Waals surface area (Å²) in [5.74, 6) is 2.30. The topological polar surface area (TPSA) is 30.0 Å². The summed E-state index contributed by atoms with van der Waals surface area (Å²) in [7, 11) is 0. The van der Waals surface area contributed by atoms with E-state index in [0.717, 1.165) is 12.2 Å². The zero-order valence-electron chi connectivity index (χ0n) is 8.19. The van der Waals surface area contributed by atoms with E-state index in [1.807, 2.05) is 19.3 Å². The molecule has 14 heavy (non-hydrogen) atoms. The van der Waals surface area contributed by atoms with E-state index in [2.05, 4.69) is 11.1 Å². The summed E-state index contributed by atoms with van der Waals surface area (Å²) < 4.78 is 0. The minimum atomic E-state index is 0.226. The number of Topliss-reactive ketones (excluding diaryl/α,β-unsaturated/α-hetero) is 1. The molecular weight excluding hydrogens is 194 g/mol. The molecule has 1 atom stereocenters. The molecule has 2 nitrogen and oxygen atoms in total. The zero-order chi connectivity index (χ0) is 9.97. The molecule has 2 rings (SSSR count). The Balaban J connectivity index is 2.07. The summed E-state index contributed by atoms with van der Waals surface area (Å²) in [4.78, 5) is 15.6. The van der Waals surface area contributed by atoms with Crippen LogP contribution in [0.2, 0.25) is 0 Å². The van der Waals surface area contributed by atoms with Gasteiger partial charge in [0.05, 0.1) is 5.75 Å². The number of thioether (sulfide) groups is 1. The van der Waals surface area contributed by atoms with Gasteiger partial charge in [-0.05, 0) is 24.5 Å². The predicted octanol–water partition coefficient (Wildman–Crippen LogP) is 1.86. The number of nitrogens with zero attached hydrogens (tertiary/aromatic N) is 1. The van der Waals surface area contributed by atoms with Gasteiger partial charge in [-0.15, -0.1) is 0 Å². The lowest BCUT2D eigenvalue weighted by molar-refractivity contribution is -0.119. The normalized spacial score (nSPS) is 21.5. The molecular formula is C11H13NOS. The van der Waals surface area contributed by atoms with Gasteiger partial charge in [0.15, 0.2) is 0 Å². The summed E-state index contributed by atoms with van der Waals surface area (Å²) >= 11 is 1.74. The number of carbonyl (C=O) groups is 1. The van der Waals surface area contributed by atoms with Gasteiger partial charge in [0.2, 0.25) is 0 Å². The fourth-order valence-corrected chi connectivity index (χ4v) is 2.84. The average Bonchev–Trinajstić information content (AvgIpc) is 2.52. The third-order valence-corrected chi connectivity index (χ3v) is 3.56. The van der Waals surface area contributed by atoms with Gasteiger partial charge in [-0.25, -0.2) is 0 Å². The second kappa shape index (κ2) is 4.13. The second-order valence-electron chi connectivity index (χ2n) is 3.75. The third kappa shape index (κ3) is 2.15. The van der Waals surface area contributed by atoms with Crippen molar-refractivity contribution in [3.8, 4) is 0 Å². The first-order chi connectivity index (χ1) is 6.75. The largest absolute Gasteiger partial charge is 0.298 e. The van der Waals surface area contributed by atoms with E-state index in [1.165, 1.54) is 11.1 Å². The first-order valence-corrected chi connectivity index (χ1v) is 5.92. The van der Waals surface area contributed by atoms with Crippen molar-refractivity contribution in [3.05, 3.63) is 29.6 Å². The molecule has 1 aliphatic rings. The minimum absolute atomic E-state index is 0.226. The van der Waals surface area contributed by atoms with Gasteiger partial charge in [-0.2, -0.15) is 11.8 Å². The minimum Gasteiger partial charge on any atom is -0.298 e. The fraction of sp³-hybridized carbons (Fsp3) is 0.455. The molecule has 2 heterocycles. The van der Waals surface area contributed by atoms with E-state index in [-0.39, 0.29) is 5.92 Å². The highest BCUT2D eigenvalue weighted by molar-refractivity contribution is 8.00. The SMILES string of the molecule is Cc1cncc(CC2CSCC2=O)c1. The molecule has 1 fully saturated rings. The molecule has 0 N–H and O–H groups in total. The highest BCUT2D eigenvalue weighted by atomic mass is 32.2. The van der Waals surface area contributed by atoms with Crippen LogP contribution in [0.5, 0.6) is 0 Å². The van der Waals surface area contributed by atoms with Gasteiger partial charge in [-0.3, -0.25) is 9.78 Å². The number of ketones is 1. The van der Waals surface area contributed by atoms with Crippen molar-refractivity contribution in [2.45, 2.75) is 13.3 Å². The number of aromatic nitrogens is 1. The molecule has 0 aromatic carbocycles. The van der Waals surface area contributed by atoms with Crippen LogP contribution < -0.4 is 0 Å². The quantitative estimate of drug-likeness (QED) is 0.741. The number of hydrogen-bond donors (Lipinski definition) is 0. The van der Waals surface area contributed by atoms with E-state index >= 15 is 0 Å². The van der Waals surface area contributed by atoms with Gasteiger partial charge in [-0.1, -0.05) is 6.07 Å². The zero-order valence-corrected chi connectivity index (χ0v) is 9.01. The molecule has 1 aliphatic heterocycles. The summed E-state index contributed by atoms with van der Waals surface area (Å²) in [6.07, 6.45) is 4.57. The van der Waals surface area contributed by atoms with Gasteiger partial charge in [0.1, 0.15) is 5.78 Å². The van der Waals surface area contributed by atoms with Crippen LogP contribution in [0.3, 0.4) is 0 Å². The van der Waals surface area contributed by atoms with Crippen LogP contribution in [0.25, 0.3) is 0 Å². The molecule has 0 bridgehead atoms. The van der Waals surface area contributed by atoms with Crippen LogP contribution in [0.1, 0.15) is 11.1 Å². The molecule has 0 amide bonds. The Kier molecular flexibility index (Phi) is 2.87. The van der Waals surface area contributed by atoms with Crippen LogP contribution in [0, 0.1) is 12.8 Å². The predicted molar refractivity (Wildman–Crippen MR) is 58.5 cm³/mol. The third-order valence-electron chi connectivity index (χ3n) is 2.43. The van der Waals surface area contributed by atoms with Crippen molar-refractivity contribution in [2.24, 2.45) is 5.92 Å². The smallest absolute Gasteiger partial charge is 0.146 e. The number of hydrogen-bond acceptors (Lipinski definition) is 3. The lowest BCUT2D eigenvalue weighted by atomic mass is 9.98. The van der Waals surface area contributed by atoms with Crippen LogP contribution in [0.15, 0.2) is 18.5 Å². The van der Waals surface area contributed by atoms with E-state index < -0.39 is 0 Å². The first kappa shape index (κ1) is 9.71. The van der Waals surface area contributed by atoms with Crippen molar-refractivity contribution in [1.29, 1.82) is 0 Å². The van der Waals surface area contributed by atoms with E-state index in [1.54, 1.807) is 11.8 Å². The standard InChI is InChI=1S/C11H13NOS/c1-8-2-9(5-12-4-8)3-10-6-14-7-11(10)13/h2,4-5,10H,3,6-7H2,1H3. The van der Waals surface area contributed by atoms with E-state index in [9.17, 15) is 4.79 Å². The highest BCUT2D eigenvalue weighted by Crippen LogP contribution is 2.23. The van der Waals surface area contributed by atoms with Gasteiger partial charge in [0.25, 0.3) is 0 Å². The number of aryl methyl sites for hydroxylation is 1. The monoisotopic (exact) mass is 207 g/mol. The van der Waals surface area contributed by atoms with E-state index in [4.69, 9.17) is 0 Å². The van der Waals surface area contributed by atoms with Gasteiger partial charge < -0.3 is 0 Å². The van der Waals surface area contributed by atoms with Gasteiger partial charge >= 0.3 is 0 Å². The molecule has 1 unspecified atom stereocenters. The second-order valence-corrected chi connectivity index (χ2v) is 4.78. The Morgan fingerprint density at radius 3 is 3.07 bits per heavy atom. The van der Waals surface area contributed by atoms with Crippen molar-refractivity contribution in [3.63, 3.8) is 0 Å². The Labute approximate surface area is 88.1 Å². The molecule has 0 saturated carbocycles. The summed E-state index contributed by atoms with van der Waals surface area (Å²) in [5, 5.41) is 0. The molecule has 1 saturated heterocycles. The maximum Gasteiger partial charge on any atom is 0.146 e. The van der Waals surface area contributed by atoms with Crippen LogP contribution in [-0.2, 0) is 11.2 Å². The number of carbonyl (C=O) groups excluding carboxylic acids is 1. The Bertz CT molecular complexity index is 351. The summed E-state index contributed by atoms with van der Waals surface area (Å²) in [6.45, 7) is 2.03. The summed E-state index contributed by atoms with van der Waals surface area (Å²) in [5.41, 5.74) is 2.35. The highest BCUT2D eigenvalue weighted by Gasteiger charge is 2.24. The van der Waals surface area contributed by atoms with Crippen molar-refractivity contribution in [2.75, 3.05) is 11.5 Å². The molecule has 0 aliphatic carbocycles.